The molecule has 0 saturated heterocycles. The number of hydrogen-bond donors (Lipinski definition) is 2. The molecule has 3 aromatic rings. The quantitative estimate of drug-likeness (QED) is 0.710. The Morgan fingerprint density at radius 3 is 2.83 bits per heavy atom. The van der Waals surface area contributed by atoms with Crippen LogP contribution in [0.15, 0.2) is 42.5 Å². The Balaban J connectivity index is 1.80. The van der Waals surface area contributed by atoms with E-state index in [1.165, 1.54) is 11.3 Å². The number of ether oxygens (including phenoxy) is 1. The predicted octanol–water partition coefficient (Wildman–Crippen LogP) is 3.31. The lowest BCUT2D eigenvalue weighted by molar-refractivity contribution is 0.0526. The molecule has 2 aromatic carbocycles. The summed E-state index contributed by atoms with van der Waals surface area (Å²) in [6, 6.07) is 11.8. The molecule has 3 N–H and O–H groups in total. The Labute approximate surface area is 142 Å². The van der Waals surface area contributed by atoms with Gasteiger partial charge in [0.1, 0.15) is 0 Å². The third-order valence-corrected chi connectivity index (χ3v) is 4.15. The number of amides is 1. The van der Waals surface area contributed by atoms with E-state index in [2.05, 4.69) is 10.3 Å². The molecule has 0 unspecified atom stereocenters. The molecule has 0 aliphatic rings. The number of carbonyl (C=O) groups is 2. The summed E-state index contributed by atoms with van der Waals surface area (Å²) in [4.78, 5) is 28.3. The van der Waals surface area contributed by atoms with Crippen LogP contribution in [0.3, 0.4) is 0 Å². The molecule has 0 aliphatic carbocycles. The standard InChI is InChI=1S/C17H15N3O3S/c1-2-23-16(22)11-4-3-5-12(8-11)19-15(21)10-6-7-13-14(9-10)24-17(18)20-13/h3-9H,2H2,1H3,(H2,18,20)(H,19,21). The molecule has 0 saturated carbocycles. The summed E-state index contributed by atoms with van der Waals surface area (Å²) < 4.78 is 5.80. The van der Waals surface area contributed by atoms with Gasteiger partial charge < -0.3 is 15.8 Å². The molecule has 1 heterocycles. The molecule has 0 radical (unpaired) electrons. The van der Waals surface area contributed by atoms with Crippen molar-refractivity contribution < 1.29 is 14.3 Å². The SMILES string of the molecule is CCOC(=O)c1cccc(NC(=O)c2ccc3nc(N)sc3c2)c1. The Bertz CT molecular complexity index is 920. The highest BCUT2D eigenvalue weighted by molar-refractivity contribution is 7.22. The van der Waals surface area contributed by atoms with Crippen LogP contribution in [-0.2, 0) is 4.74 Å². The van der Waals surface area contributed by atoms with Gasteiger partial charge in [0.2, 0.25) is 0 Å². The molecule has 1 amide bonds. The number of aromatic nitrogens is 1. The topological polar surface area (TPSA) is 94.3 Å². The van der Waals surface area contributed by atoms with Crippen molar-refractivity contribution in [3.05, 3.63) is 53.6 Å². The average Bonchev–Trinajstić information content (AvgIpc) is 2.94. The van der Waals surface area contributed by atoms with Crippen LogP contribution < -0.4 is 11.1 Å². The first-order chi connectivity index (χ1) is 11.6. The van der Waals surface area contributed by atoms with E-state index < -0.39 is 5.97 Å². The summed E-state index contributed by atoms with van der Waals surface area (Å²) >= 11 is 1.33. The smallest absolute Gasteiger partial charge is 0.338 e. The number of nitrogens with two attached hydrogens (primary N) is 1. The van der Waals surface area contributed by atoms with Crippen LogP contribution >= 0.6 is 11.3 Å². The van der Waals surface area contributed by atoms with E-state index in [4.69, 9.17) is 10.5 Å². The summed E-state index contributed by atoms with van der Waals surface area (Å²) in [7, 11) is 0. The number of nitrogens with one attached hydrogen (secondary N) is 1. The fraction of sp³-hybridized carbons (Fsp3) is 0.118. The van der Waals surface area contributed by atoms with Gasteiger partial charge in [0.05, 0.1) is 22.4 Å². The summed E-state index contributed by atoms with van der Waals surface area (Å²) in [6.45, 7) is 2.04. The van der Waals surface area contributed by atoms with Gasteiger partial charge in [0.15, 0.2) is 5.13 Å². The fourth-order valence-corrected chi connectivity index (χ4v) is 3.00. The minimum atomic E-state index is -0.421. The van der Waals surface area contributed by atoms with Crippen LogP contribution in [-0.4, -0.2) is 23.5 Å². The summed E-state index contributed by atoms with van der Waals surface area (Å²) in [5.41, 5.74) is 7.84. The average molecular weight is 341 g/mol. The second-order valence-corrected chi connectivity index (χ2v) is 6.05. The van der Waals surface area contributed by atoms with E-state index >= 15 is 0 Å². The van der Waals surface area contributed by atoms with Gasteiger partial charge in [-0.05, 0) is 43.3 Å². The lowest BCUT2D eigenvalue weighted by Crippen LogP contribution is -2.12. The maximum absolute atomic E-state index is 12.4. The highest BCUT2D eigenvalue weighted by atomic mass is 32.1. The third kappa shape index (κ3) is 3.36. The Morgan fingerprint density at radius 2 is 2.04 bits per heavy atom. The molecular weight excluding hydrogens is 326 g/mol. The minimum Gasteiger partial charge on any atom is -0.462 e. The maximum Gasteiger partial charge on any atom is 0.338 e. The maximum atomic E-state index is 12.4. The predicted molar refractivity (Wildman–Crippen MR) is 94.4 cm³/mol. The van der Waals surface area contributed by atoms with Crippen molar-refractivity contribution >= 4 is 44.2 Å². The molecule has 1 aromatic heterocycles. The normalized spacial score (nSPS) is 10.5. The van der Waals surface area contributed by atoms with Crippen LogP contribution in [0.2, 0.25) is 0 Å². The molecule has 0 aliphatic heterocycles. The van der Waals surface area contributed by atoms with E-state index in [-0.39, 0.29) is 5.91 Å². The monoisotopic (exact) mass is 341 g/mol. The second kappa shape index (κ2) is 6.67. The van der Waals surface area contributed by atoms with Crippen molar-refractivity contribution in [3.8, 4) is 0 Å². The Morgan fingerprint density at radius 1 is 1.21 bits per heavy atom. The molecule has 0 spiro atoms. The van der Waals surface area contributed by atoms with Gasteiger partial charge in [-0.1, -0.05) is 17.4 Å². The van der Waals surface area contributed by atoms with Crippen molar-refractivity contribution in [1.29, 1.82) is 0 Å². The number of hydrogen-bond acceptors (Lipinski definition) is 6. The van der Waals surface area contributed by atoms with Gasteiger partial charge in [-0.3, -0.25) is 4.79 Å². The molecule has 122 valence electrons. The van der Waals surface area contributed by atoms with E-state index in [1.54, 1.807) is 49.4 Å². The Hall–Kier alpha value is -2.93. The lowest BCUT2D eigenvalue weighted by atomic mass is 10.1. The summed E-state index contributed by atoms with van der Waals surface area (Å²) in [5, 5.41) is 3.24. The van der Waals surface area contributed by atoms with Crippen LogP contribution in [0, 0.1) is 0 Å². The zero-order chi connectivity index (χ0) is 17.1. The van der Waals surface area contributed by atoms with Crippen molar-refractivity contribution in [3.63, 3.8) is 0 Å². The summed E-state index contributed by atoms with van der Waals surface area (Å²) in [6.07, 6.45) is 0. The van der Waals surface area contributed by atoms with Gasteiger partial charge in [-0.15, -0.1) is 0 Å². The number of fused-ring (bicyclic) bond motifs is 1. The number of benzene rings is 2. The number of anilines is 2. The number of thiazole rings is 1. The van der Waals surface area contributed by atoms with Gasteiger partial charge in [0.25, 0.3) is 5.91 Å². The first-order valence-corrected chi connectivity index (χ1v) is 8.13. The first-order valence-electron chi connectivity index (χ1n) is 7.31. The number of esters is 1. The van der Waals surface area contributed by atoms with Crippen LogP contribution in [0.1, 0.15) is 27.6 Å². The largest absolute Gasteiger partial charge is 0.462 e. The van der Waals surface area contributed by atoms with E-state index in [1.807, 2.05) is 0 Å². The van der Waals surface area contributed by atoms with Crippen LogP contribution in [0.4, 0.5) is 10.8 Å². The fourth-order valence-electron chi connectivity index (χ4n) is 2.23. The molecule has 24 heavy (non-hydrogen) atoms. The molecule has 6 nitrogen and oxygen atoms in total. The number of carbonyl (C=O) groups excluding carboxylic acids is 2. The molecule has 7 heteroatoms. The molecule has 0 bridgehead atoms. The molecule has 0 atom stereocenters. The van der Waals surface area contributed by atoms with E-state index in [9.17, 15) is 9.59 Å². The van der Waals surface area contributed by atoms with E-state index in [0.717, 1.165) is 10.2 Å². The third-order valence-electron chi connectivity index (χ3n) is 3.30. The van der Waals surface area contributed by atoms with Gasteiger partial charge in [-0.25, -0.2) is 9.78 Å². The van der Waals surface area contributed by atoms with Gasteiger partial charge in [-0.2, -0.15) is 0 Å². The van der Waals surface area contributed by atoms with Crippen molar-refractivity contribution in [2.45, 2.75) is 6.92 Å². The number of nitrogen functional groups attached to an aromatic ring is 1. The van der Waals surface area contributed by atoms with Crippen molar-refractivity contribution in [2.75, 3.05) is 17.7 Å². The second-order valence-electron chi connectivity index (χ2n) is 4.99. The molecular formula is C17H15N3O3S. The first kappa shape index (κ1) is 15.9. The zero-order valence-electron chi connectivity index (χ0n) is 12.9. The van der Waals surface area contributed by atoms with E-state index in [0.29, 0.717) is 28.6 Å². The van der Waals surface area contributed by atoms with Crippen LogP contribution in [0.5, 0.6) is 0 Å². The van der Waals surface area contributed by atoms with Crippen molar-refractivity contribution in [1.82, 2.24) is 4.98 Å². The number of rotatable bonds is 4. The molecule has 0 fully saturated rings. The van der Waals surface area contributed by atoms with Crippen molar-refractivity contribution in [2.24, 2.45) is 0 Å². The highest BCUT2D eigenvalue weighted by Gasteiger charge is 2.11. The molecule has 3 rings (SSSR count). The van der Waals surface area contributed by atoms with Gasteiger partial charge >= 0.3 is 5.97 Å². The summed E-state index contributed by atoms with van der Waals surface area (Å²) in [5.74, 6) is -0.694. The van der Waals surface area contributed by atoms with Crippen LogP contribution in [0.25, 0.3) is 10.2 Å². The highest BCUT2D eigenvalue weighted by Crippen LogP contribution is 2.25. The van der Waals surface area contributed by atoms with Gasteiger partial charge in [0, 0.05) is 11.3 Å². The number of nitrogens with zero attached hydrogens (tertiary/aromatic N) is 1. The zero-order valence-corrected chi connectivity index (χ0v) is 13.7. The minimum absolute atomic E-state index is 0.273. The Kier molecular flexibility index (Phi) is 4.43. The lowest BCUT2D eigenvalue weighted by Gasteiger charge is -2.07.